The van der Waals surface area contributed by atoms with E-state index in [1.165, 1.54) is 4.90 Å². The lowest BCUT2D eigenvalue weighted by molar-refractivity contribution is -0.139. The number of aliphatic hydroxyl groups excluding tert-OH is 1. The predicted octanol–water partition coefficient (Wildman–Crippen LogP) is 5.24. The number of likely N-dealkylation sites (tertiary alicyclic amines) is 1. The molecule has 1 aliphatic heterocycles. The minimum Gasteiger partial charge on any atom is -0.507 e. The highest BCUT2D eigenvalue weighted by atomic mass is 79.9. The molecular weight excluding hydrogens is 430 g/mol. The maximum atomic E-state index is 12.8. The number of carbonyl (C=O) groups excluding carboxylic acids is 2. The minimum atomic E-state index is -0.665. The standard InChI is InChI=1S/C21H19BrClNO3/c1-3-10-24-18(13-4-7-15(23)8-5-13)17(20(26)21(24)27)19(25)14-6-9-16(22)12(2)11-14/h4-9,11,18,25H,3,10H2,1-2H3/b19-17-. The number of ketones is 1. The minimum absolute atomic E-state index is 0.109. The molecule has 0 bridgehead atoms. The van der Waals surface area contributed by atoms with Crippen molar-refractivity contribution >= 4 is 45.0 Å². The van der Waals surface area contributed by atoms with Crippen molar-refractivity contribution in [1.29, 1.82) is 0 Å². The van der Waals surface area contributed by atoms with Crippen molar-refractivity contribution in [2.24, 2.45) is 0 Å². The molecule has 0 aliphatic carbocycles. The zero-order chi connectivity index (χ0) is 19.7. The lowest BCUT2D eigenvalue weighted by Gasteiger charge is -2.25. The van der Waals surface area contributed by atoms with Gasteiger partial charge in [0.15, 0.2) is 0 Å². The fourth-order valence-corrected chi connectivity index (χ4v) is 3.66. The number of hydrogen-bond acceptors (Lipinski definition) is 3. The van der Waals surface area contributed by atoms with Gasteiger partial charge in [0.05, 0.1) is 11.6 Å². The first-order chi connectivity index (χ1) is 12.8. The molecule has 1 heterocycles. The van der Waals surface area contributed by atoms with Gasteiger partial charge >= 0.3 is 0 Å². The summed E-state index contributed by atoms with van der Waals surface area (Å²) in [5, 5.41) is 11.5. The molecule has 0 aromatic heterocycles. The molecule has 1 atom stereocenters. The van der Waals surface area contributed by atoms with E-state index in [9.17, 15) is 14.7 Å². The van der Waals surface area contributed by atoms with Gasteiger partial charge in [0.2, 0.25) is 0 Å². The number of amides is 1. The molecule has 1 aliphatic rings. The molecule has 27 heavy (non-hydrogen) atoms. The second-order valence-electron chi connectivity index (χ2n) is 6.51. The van der Waals surface area contributed by atoms with Gasteiger partial charge in [-0.1, -0.05) is 52.7 Å². The summed E-state index contributed by atoms with van der Waals surface area (Å²) in [7, 11) is 0. The van der Waals surface area contributed by atoms with E-state index in [4.69, 9.17) is 11.6 Å². The Morgan fingerprint density at radius 1 is 1.19 bits per heavy atom. The first-order valence-electron chi connectivity index (χ1n) is 8.65. The van der Waals surface area contributed by atoms with Gasteiger partial charge in [-0.05, 0) is 48.7 Å². The summed E-state index contributed by atoms with van der Waals surface area (Å²) in [4.78, 5) is 26.9. The van der Waals surface area contributed by atoms with E-state index in [1.54, 1.807) is 36.4 Å². The van der Waals surface area contributed by atoms with E-state index in [1.807, 2.05) is 19.9 Å². The Hall–Kier alpha value is -2.11. The molecule has 2 aromatic carbocycles. The summed E-state index contributed by atoms with van der Waals surface area (Å²) >= 11 is 9.42. The third-order valence-electron chi connectivity index (χ3n) is 4.62. The largest absolute Gasteiger partial charge is 0.507 e. The van der Waals surface area contributed by atoms with Crippen LogP contribution in [0.2, 0.25) is 5.02 Å². The molecule has 0 saturated carbocycles. The Morgan fingerprint density at radius 2 is 1.85 bits per heavy atom. The number of hydrogen-bond donors (Lipinski definition) is 1. The van der Waals surface area contributed by atoms with E-state index >= 15 is 0 Å². The summed E-state index contributed by atoms with van der Waals surface area (Å²) < 4.78 is 0.903. The first kappa shape index (κ1) is 19.6. The van der Waals surface area contributed by atoms with Crippen LogP contribution < -0.4 is 0 Å². The van der Waals surface area contributed by atoms with Crippen molar-refractivity contribution in [3.05, 3.63) is 74.2 Å². The molecule has 1 unspecified atom stereocenters. The van der Waals surface area contributed by atoms with E-state index in [0.29, 0.717) is 23.6 Å². The van der Waals surface area contributed by atoms with Crippen LogP contribution in [0.25, 0.3) is 5.76 Å². The summed E-state index contributed by atoms with van der Waals surface area (Å²) in [6, 6.07) is 11.7. The molecule has 3 rings (SSSR count). The monoisotopic (exact) mass is 447 g/mol. The smallest absolute Gasteiger partial charge is 0.295 e. The zero-order valence-electron chi connectivity index (χ0n) is 15.0. The van der Waals surface area contributed by atoms with Crippen LogP contribution in [0.15, 0.2) is 52.5 Å². The van der Waals surface area contributed by atoms with Gasteiger partial charge in [0, 0.05) is 21.6 Å². The Morgan fingerprint density at radius 3 is 2.44 bits per heavy atom. The number of halogens is 2. The van der Waals surface area contributed by atoms with E-state index < -0.39 is 17.7 Å². The van der Waals surface area contributed by atoms with Crippen LogP contribution in [0.5, 0.6) is 0 Å². The topological polar surface area (TPSA) is 57.6 Å². The van der Waals surface area contributed by atoms with Crippen molar-refractivity contribution in [2.75, 3.05) is 6.54 Å². The van der Waals surface area contributed by atoms with E-state index in [2.05, 4.69) is 15.9 Å². The molecule has 0 radical (unpaired) electrons. The van der Waals surface area contributed by atoms with Gasteiger partial charge in [0.1, 0.15) is 5.76 Å². The maximum absolute atomic E-state index is 12.8. The third-order valence-corrected chi connectivity index (χ3v) is 5.76. The predicted molar refractivity (Wildman–Crippen MR) is 110 cm³/mol. The van der Waals surface area contributed by atoms with Crippen molar-refractivity contribution in [2.45, 2.75) is 26.3 Å². The number of aliphatic hydroxyl groups is 1. The lowest BCUT2D eigenvalue weighted by atomic mass is 9.95. The van der Waals surface area contributed by atoms with E-state index in [-0.39, 0.29) is 11.3 Å². The fourth-order valence-electron chi connectivity index (χ4n) is 3.29. The molecule has 1 fully saturated rings. The summed E-state index contributed by atoms with van der Waals surface area (Å²) in [6.07, 6.45) is 0.703. The van der Waals surface area contributed by atoms with Gasteiger partial charge in [-0.3, -0.25) is 9.59 Å². The van der Waals surface area contributed by atoms with Gasteiger partial charge in [0.25, 0.3) is 11.7 Å². The number of carbonyl (C=O) groups is 2. The Bertz CT molecular complexity index is 937. The van der Waals surface area contributed by atoms with Crippen LogP contribution in [0, 0.1) is 6.92 Å². The van der Waals surface area contributed by atoms with Crippen LogP contribution >= 0.6 is 27.5 Å². The van der Waals surface area contributed by atoms with Crippen molar-refractivity contribution in [3.63, 3.8) is 0 Å². The molecule has 2 aromatic rings. The van der Waals surface area contributed by atoms with Crippen molar-refractivity contribution < 1.29 is 14.7 Å². The summed E-state index contributed by atoms with van der Waals surface area (Å²) in [6.45, 7) is 4.26. The number of nitrogens with zero attached hydrogens (tertiary/aromatic N) is 1. The normalized spacial score (nSPS) is 19.0. The maximum Gasteiger partial charge on any atom is 0.295 e. The van der Waals surface area contributed by atoms with Crippen molar-refractivity contribution in [1.82, 2.24) is 4.90 Å². The molecule has 0 spiro atoms. The average Bonchev–Trinajstić information content (AvgIpc) is 2.89. The average molecular weight is 449 g/mol. The van der Waals surface area contributed by atoms with E-state index in [0.717, 1.165) is 15.6 Å². The summed E-state index contributed by atoms with van der Waals surface area (Å²) in [5.74, 6) is -1.42. The Labute approximate surface area is 171 Å². The molecule has 140 valence electrons. The number of rotatable bonds is 4. The van der Waals surface area contributed by atoms with Crippen molar-refractivity contribution in [3.8, 4) is 0 Å². The fraction of sp³-hybridized carbons (Fsp3) is 0.238. The van der Waals surface area contributed by atoms with Gasteiger partial charge < -0.3 is 10.0 Å². The third kappa shape index (κ3) is 3.66. The zero-order valence-corrected chi connectivity index (χ0v) is 17.3. The first-order valence-corrected chi connectivity index (χ1v) is 9.82. The molecular formula is C21H19BrClNO3. The lowest BCUT2D eigenvalue weighted by Crippen LogP contribution is -2.30. The second-order valence-corrected chi connectivity index (χ2v) is 7.80. The number of Topliss-reactive ketones (excluding diaryl/α,β-unsaturated/α-hetero) is 1. The molecule has 1 N–H and O–H groups in total. The van der Waals surface area contributed by atoms with Crippen LogP contribution in [-0.2, 0) is 9.59 Å². The van der Waals surface area contributed by atoms with Crippen LogP contribution in [0.4, 0.5) is 0 Å². The van der Waals surface area contributed by atoms with Gasteiger partial charge in [-0.25, -0.2) is 0 Å². The molecule has 4 nitrogen and oxygen atoms in total. The van der Waals surface area contributed by atoms with Crippen LogP contribution in [0.3, 0.4) is 0 Å². The highest BCUT2D eigenvalue weighted by molar-refractivity contribution is 9.10. The number of aryl methyl sites for hydroxylation is 1. The summed E-state index contributed by atoms with van der Waals surface area (Å²) in [5.41, 5.74) is 2.27. The molecule has 1 amide bonds. The van der Waals surface area contributed by atoms with Gasteiger partial charge in [-0.2, -0.15) is 0 Å². The van der Waals surface area contributed by atoms with Gasteiger partial charge in [-0.15, -0.1) is 0 Å². The highest BCUT2D eigenvalue weighted by Crippen LogP contribution is 2.40. The second kappa shape index (κ2) is 7.87. The Kier molecular flexibility index (Phi) is 5.72. The Balaban J connectivity index is 2.19. The number of benzene rings is 2. The molecule has 1 saturated heterocycles. The highest BCUT2D eigenvalue weighted by Gasteiger charge is 2.45. The quantitative estimate of drug-likeness (QED) is 0.395. The molecule has 6 heteroatoms. The van der Waals surface area contributed by atoms with Crippen LogP contribution in [0.1, 0.15) is 36.1 Å². The van der Waals surface area contributed by atoms with Crippen LogP contribution in [-0.4, -0.2) is 28.2 Å². The SMILES string of the molecule is CCCN1C(=O)C(=O)/C(=C(\O)c2ccc(Br)c(C)c2)C1c1ccc(Cl)cc1.